The fraction of sp³-hybridized carbons (Fsp3) is 0.562. The van der Waals surface area contributed by atoms with Gasteiger partial charge in [-0.05, 0) is 31.2 Å². The van der Waals surface area contributed by atoms with E-state index in [1.54, 1.807) is 7.11 Å². The second kappa shape index (κ2) is 5.56. The van der Waals surface area contributed by atoms with Gasteiger partial charge in [-0.15, -0.1) is 0 Å². The molecule has 1 aromatic rings. The van der Waals surface area contributed by atoms with Crippen LogP contribution >= 0.6 is 0 Å². The van der Waals surface area contributed by atoms with E-state index in [0.29, 0.717) is 13.2 Å². The first-order chi connectivity index (χ1) is 10.1. The zero-order valence-electron chi connectivity index (χ0n) is 12.7. The number of methoxy groups -OCH3 is 1. The van der Waals surface area contributed by atoms with Crippen LogP contribution in [0.2, 0.25) is 0 Å². The zero-order chi connectivity index (χ0) is 14.9. The van der Waals surface area contributed by atoms with Crippen LogP contribution in [0.15, 0.2) is 24.3 Å². The van der Waals surface area contributed by atoms with Gasteiger partial charge in [0.25, 0.3) is 0 Å². The van der Waals surface area contributed by atoms with Crippen LogP contribution in [0.3, 0.4) is 0 Å². The molecule has 5 heteroatoms. The van der Waals surface area contributed by atoms with Crippen molar-refractivity contribution in [2.45, 2.75) is 6.92 Å². The normalized spacial score (nSPS) is 20.9. The summed E-state index contributed by atoms with van der Waals surface area (Å²) in [6.07, 6.45) is 0. The molecule has 2 heterocycles. The van der Waals surface area contributed by atoms with Gasteiger partial charge in [0, 0.05) is 31.9 Å². The quantitative estimate of drug-likeness (QED) is 0.843. The summed E-state index contributed by atoms with van der Waals surface area (Å²) in [6, 6.07) is 8.08. The number of carbonyl (C=O) groups excluding carboxylic acids is 1. The number of benzene rings is 1. The van der Waals surface area contributed by atoms with Crippen molar-refractivity contribution < 1.29 is 14.3 Å². The minimum absolute atomic E-state index is 0.239. The van der Waals surface area contributed by atoms with Gasteiger partial charge in [-0.2, -0.15) is 0 Å². The van der Waals surface area contributed by atoms with Gasteiger partial charge in [0.2, 0.25) is 5.91 Å². The highest BCUT2D eigenvalue weighted by Crippen LogP contribution is 2.30. The van der Waals surface area contributed by atoms with E-state index in [1.165, 1.54) is 5.69 Å². The van der Waals surface area contributed by atoms with Gasteiger partial charge in [0.1, 0.15) is 5.75 Å². The number of hydrogen-bond acceptors (Lipinski definition) is 4. The molecule has 0 atom stereocenters. The first kappa shape index (κ1) is 14.2. The molecule has 2 aliphatic heterocycles. The standard InChI is InChI=1S/C16H22N2O3/c1-16(11-21-12-16)15(19)18-9-7-17(8-10-18)13-3-5-14(20-2)6-4-13/h3-6H,7-12H2,1-2H3. The molecule has 21 heavy (non-hydrogen) atoms. The van der Waals surface area contributed by atoms with E-state index in [1.807, 2.05) is 24.0 Å². The number of amides is 1. The molecular formula is C16H22N2O3. The van der Waals surface area contributed by atoms with Gasteiger partial charge in [-0.25, -0.2) is 0 Å². The lowest BCUT2D eigenvalue weighted by atomic mass is 9.86. The third-order valence-corrected chi connectivity index (χ3v) is 4.36. The Morgan fingerprint density at radius 3 is 2.24 bits per heavy atom. The highest BCUT2D eigenvalue weighted by molar-refractivity contribution is 5.83. The highest BCUT2D eigenvalue weighted by Gasteiger charge is 2.44. The van der Waals surface area contributed by atoms with Gasteiger partial charge in [-0.1, -0.05) is 0 Å². The monoisotopic (exact) mass is 290 g/mol. The van der Waals surface area contributed by atoms with Crippen molar-refractivity contribution in [2.75, 3.05) is 51.4 Å². The Bertz CT molecular complexity index is 503. The number of carbonyl (C=O) groups is 1. The molecule has 1 amide bonds. The smallest absolute Gasteiger partial charge is 0.233 e. The highest BCUT2D eigenvalue weighted by atomic mass is 16.5. The molecule has 0 unspecified atom stereocenters. The summed E-state index contributed by atoms with van der Waals surface area (Å²) in [5, 5.41) is 0. The summed E-state index contributed by atoms with van der Waals surface area (Å²) < 4.78 is 10.4. The third-order valence-electron chi connectivity index (χ3n) is 4.36. The molecule has 0 saturated carbocycles. The predicted octanol–water partition coefficient (Wildman–Crippen LogP) is 1.38. The van der Waals surface area contributed by atoms with E-state index in [-0.39, 0.29) is 11.3 Å². The Hall–Kier alpha value is -1.75. The van der Waals surface area contributed by atoms with Crippen LogP contribution in [-0.2, 0) is 9.53 Å². The molecule has 1 aromatic carbocycles. The Kier molecular flexibility index (Phi) is 3.76. The summed E-state index contributed by atoms with van der Waals surface area (Å²) in [4.78, 5) is 16.7. The predicted molar refractivity (Wildman–Crippen MR) is 80.7 cm³/mol. The first-order valence-corrected chi connectivity index (χ1v) is 7.38. The average Bonchev–Trinajstić information content (AvgIpc) is 2.52. The van der Waals surface area contributed by atoms with Crippen molar-refractivity contribution in [3.05, 3.63) is 24.3 Å². The molecular weight excluding hydrogens is 268 g/mol. The lowest BCUT2D eigenvalue weighted by Crippen LogP contribution is -2.58. The van der Waals surface area contributed by atoms with Gasteiger partial charge < -0.3 is 19.3 Å². The summed E-state index contributed by atoms with van der Waals surface area (Å²) in [5.74, 6) is 1.11. The third kappa shape index (κ3) is 2.70. The number of nitrogens with zero attached hydrogens (tertiary/aromatic N) is 2. The van der Waals surface area contributed by atoms with E-state index >= 15 is 0 Å². The minimum Gasteiger partial charge on any atom is -0.497 e. The van der Waals surface area contributed by atoms with Crippen LogP contribution in [0, 0.1) is 5.41 Å². The van der Waals surface area contributed by atoms with E-state index in [4.69, 9.17) is 9.47 Å². The largest absolute Gasteiger partial charge is 0.497 e. The number of rotatable bonds is 3. The lowest BCUT2D eigenvalue weighted by Gasteiger charge is -2.43. The van der Waals surface area contributed by atoms with E-state index in [9.17, 15) is 4.79 Å². The second-order valence-corrected chi connectivity index (χ2v) is 6.03. The maximum atomic E-state index is 12.4. The topological polar surface area (TPSA) is 42.0 Å². The molecule has 0 spiro atoms. The molecule has 0 aromatic heterocycles. The molecule has 0 N–H and O–H groups in total. The van der Waals surface area contributed by atoms with Gasteiger partial charge >= 0.3 is 0 Å². The Morgan fingerprint density at radius 1 is 1.14 bits per heavy atom. The Balaban J connectivity index is 1.58. The molecule has 0 aliphatic carbocycles. The van der Waals surface area contributed by atoms with Crippen LogP contribution in [0.5, 0.6) is 5.75 Å². The molecule has 0 radical (unpaired) electrons. The van der Waals surface area contributed by atoms with E-state index < -0.39 is 0 Å². The summed E-state index contributed by atoms with van der Waals surface area (Å²) >= 11 is 0. The minimum atomic E-state index is -0.289. The van der Waals surface area contributed by atoms with Crippen molar-refractivity contribution in [3.63, 3.8) is 0 Å². The van der Waals surface area contributed by atoms with Gasteiger partial charge in [0.15, 0.2) is 0 Å². The Morgan fingerprint density at radius 2 is 1.76 bits per heavy atom. The molecule has 2 aliphatic rings. The number of anilines is 1. The van der Waals surface area contributed by atoms with Crippen molar-refractivity contribution in [2.24, 2.45) is 5.41 Å². The Labute approximate surface area is 125 Å². The molecule has 5 nitrogen and oxygen atoms in total. The zero-order valence-corrected chi connectivity index (χ0v) is 12.7. The maximum absolute atomic E-state index is 12.4. The maximum Gasteiger partial charge on any atom is 0.233 e. The summed E-state index contributed by atoms with van der Waals surface area (Å²) in [5.41, 5.74) is 0.892. The van der Waals surface area contributed by atoms with Gasteiger partial charge in [0.05, 0.1) is 25.7 Å². The van der Waals surface area contributed by atoms with Crippen LogP contribution < -0.4 is 9.64 Å². The number of ether oxygens (including phenoxy) is 2. The van der Waals surface area contributed by atoms with Crippen LogP contribution in [0.25, 0.3) is 0 Å². The summed E-state index contributed by atoms with van der Waals surface area (Å²) in [7, 11) is 1.67. The second-order valence-electron chi connectivity index (χ2n) is 6.03. The molecule has 114 valence electrons. The van der Waals surface area contributed by atoms with Crippen molar-refractivity contribution in [1.29, 1.82) is 0 Å². The van der Waals surface area contributed by atoms with Crippen molar-refractivity contribution in [3.8, 4) is 5.75 Å². The van der Waals surface area contributed by atoms with Crippen LogP contribution in [-0.4, -0.2) is 57.3 Å². The van der Waals surface area contributed by atoms with Gasteiger partial charge in [-0.3, -0.25) is 4.79 Å². The molecule has 2 fully saturated rings. The van der Waals surface area contributed by atoms with E-state index in [2.05, 4.69) is 17.0 Å². The first-order valence-electron chi connectivity index (χ1n) is 7.38. The van der Waals surface area contributed by atoms with E-state index in [0.717, 1.165) is 31.9 Å². The van der Waals surface area contributed by atoms with Crippen LogP contribution in [0.4, 0.5) is 5.69 Å². The summed E-state index contributed by atoms with van der Waals surface area (Å²) in [6.45, 7) is 6.41. The average molecular weight is 290 g/mol. The molecule has 3 rings (SSSR count). The SMILES string of the molecule is COc1ccc(N2CCN(C(=O)C3(C)COC3)CC2)cc1. The lowest BCUT2D eigenvalue weighted by molar-refractivity contribution is -0.169. The number of hydrogen-bond donors (Lipinski definition) is 0. The van der Waals surface area contributed by atoms with Crippen LogP contribution in [0.1, 0.15) is 6.92 Å². The fourth-order valence-corrected chi connectivity index (χ4v) is 2.87. The fourth-order valence-electron chi connectivity index (χ4n) is 2.87. The van der Waals surface area contributed by atoms with Crippen molar-refractivity contribution >= 4 is 11.6 Å². The van der Waals surface area contributed by atoms with Crippen molar-refractivity contribution in [1.82, 2.24) is 4.90 Å². The number of piperazine rings is 1. The molecule has 0 bridgehead atoms. The molecule has 2 saturated heterocycles.